The maximum absolute atomic E-state index is 12.4. The predicted molar refractivity (Wildman–Crippen MR) is 115 cm³/mol. The Morgan fingerprint density at radius 2 is 1.82 bits per heavy atom. The largest absolute Gasteiger partial charge is 0.353 e. The molecule has 2 saturated heterocycles. The van der Waals surface area contributed by atoms with Crippen molar-refractivity contribution in [2.75, 3.05) is 32.7 Å². The van der Waals surface area contributed by atoms with E-state index in [-0.39, 0.29) is 5.92 Å². The van der Waals surface area contributed by atoms with E-state index in [4.69, 9.17) is 0 Å². The van der Waals surface area contributed by atoms with Gasteiger partial charge in [0.25, 0.3) is 0 Å². The van der Waals surface area contributed by atoms with Gasteiger partial charge in [0.15, 0.2) is 0 Å². The smallest absolute Gasteiger partial charge is 0.224 e. The van der Waals surface area contributed by atoms with E-state index in [9.17, 15) is 4.79 Å². The third-order valence-corrected chi connectivity index (χ3v) is 6.51. The van der Waals surface area contributed by atoms with Gasteiger partial charge in [-0.3, -0.25) is 14.6 Å². The molecule has 3 aliphatic rings. The van der Waals surface area contributed by atoms with Crippen LogP contribution in [0.25, 0.3) is 6.08 Å². The van der Waals surface area contributed by atoms with Crippen LogP contribution in [-0.4, -0.2) is 60.5 Å². The van der Waals surface area contributed by atoms with Gasteiger partial charge in [-0.1, -0.05) is 42.0 Å². The van der Waals surface area contributed by atoms with Gasteiger partial charge in [0.2, 0.25) is 5.91 Å². The van der Waals surface area contributed by atoms with Crippen LogP contribution in [0, 0.1) is 5.92 Å². The Hall–Kier alpha value is -1.65. The molecule has 4 nitrogen and oxygen atoms in total. The SMILES string of the molecule is C/C(=C\c1ccccc1)CN1CCC(N2CCC[C@@H](C(=O)NC3CC3)C2)CC1. The second kappa shape index (κ2) is 9.23. The Balaban J connectivity index is 1.23. The molecule has 4 rings (SSSR count). The molecule has 3 fully saturated rings. The predicted octanol–water partition coefficient (Wildman–Crippen LogP) is 3.54. The first-order valence-electron chi connectivity index (χ1n) is 11.2. The number of nitrogens with one attached hydrogen (secondary N) is 1. The van der Waals surface area contributed by atoms with Crippen LogP contribution in [0.2, 0.25) is 0 Å². The van der Waals surface area contributed by atoms with Crippen molar-refractivity contribution in [2.24, 2.45) is 5.92 Å². The number of rotatable bonds is 6. The van der Waals surface area contributed by atoms with Crippen molar-refractivity contribution in [2.45, 2.75) is 57.5 Å². The number of carbonyl (C=O) groups is 1. The minimum absolute atomic E-state index is 0.212. The number of amides is 1. The van der Waals surface area contributed by atoms with E-state index in [1.807, 2.05) is 0 Å². The number of benzene rings is 1. The number of hydrogen-bond acceptors (Lipinski definition) is 3. The minimum atomic E-state index is 0.212. The van der Waals surface area contributed by atoms with Gasteiger partial charge in [-0.25, -0.2) is 0 Å². The molecule has 1 aliphatic carbocycles. The van der Waals surface area contributed by atoms with Crippen LogP contribution in [0.1, 0.15) is 51.0 Å². The van der Waals surface area contributed by atoms with Crippen molar-refractivity contribution in [1.82, 2.24) is 15.1 Å². The monoisotopic (exact) mass is 381 g/mol. The lowest BCUT2D eigenvalue weighted by Gasteiger charge is -2.42. The van der Waals surface area contributed by atoms with E-state index in [1.54, 1.807) is 0 Å². The molecule has 1 saturated carbocycles. The molecule has 0 unspecified atom stereocenters. The number of likely N-dealkylation sites (tertiary alicyclic amines) is 2. The van der Waals surface area contributed by atoms with Gasteiger partial charge < -0.3 is 5.32 Å². The molecule has 4 heteroatoms. The first-order chi connectivity index (χ1) is 13.7. The summed E-state index contributed by atoms with van der Waals surface area (Å²) in [6, 6.07) is 11.7. The molecule has 1 aromatic carbocycles. The molecular formula is C24H35N3O. The third-order valence-electron chi connectivity index (χ3n) is 6.51. The third kappa shape index (κ3) is 5.45. The summed E-state index contributed by atoms with van der Waals surface area (Å²) in [5.41, 5.74) is 2.72. The Morgan fingerprint density at radius 3 is 2.54 bits per heavy atom. The first kappa shape index (κ1) is 19.7. The van der Waals surface area contributed by atoms with Crippen molar-refractivity contribution in [3.63, 3.8) is 0 Å². The Kier molecular flexibility index (Phi) is 6.48. The van der Waals surface area contributed by atoms with Crippen LogP contribution in [0.4, 0.5) is 0 Å². The summed E-state index contributed by atoms with van der Waals surface area (Å²) in [6.07, 6.45) is 9.36. The Bertz CT molecular complexity index is 674. The molecule has 1 atom stereocenters. The second-order valence-corrected chi connectivity index (χ2v) is 9.03. The molecule has 1 amide bonds. The van der Waals surface area contributed by atoms with E-state index in [0.717, 1.165) is 19.5 Å². The van der Waals surface area contributed by atoms with Gasteiger partial charge in [-0.15, -0.1) is 0 Å². The second-order valence-electron chi connectivity index (χ2n) is 9.03. The van der Waals surface area contributed by atoms with Crippen LogP contribution in [0.3, 0.4) is 0 Å². The average Bonchev–Trinajstić information content (AvgIpc) is 3.53. The van der Waals surface area contributed by atoms with Gasteiger partial charge in [-0.05, 0) is 70.6 Å². The summed E-state index contributed by atoms with van der Waals surface area (Å²) in [7, 11) is 0. The lowest BCUT2D eigenvalue weighted by atomic mass is 9.93. The molecule has 2 heterocycles. The highest BCUT2D eigenvalue weighted by atomic mass is 16.2. The molecule has 0 radical (unpaired) electrons. The molecule has 0 spiro atoms. The maximum atomic E-state index is 12.4. The van der Waals surface area contributed by atoms with Gasteiger partial charge in [0, 0.05) is 25.2 Å². The number of piperidine rings is 2. The normalized spacial score (nSPS) is 25.6. The molecular weight excluding hydrogens is 346 g/mol. The quantitative estimate of drug-likeness (QED) is 0.819. The molecule has 0 aromatic heterocycles. The summed E-state index contributed by atoms with van der Waals surface area (Å²) in [4.78, 5) is 17.7. The number of carbonyl (C=O) groups excluding carboxylic acids is 1. The molecule has 2 aliphatic heterocycles. The first-order valence-corrected chi connectivity index (χ1v) is 11.2. The van der Waals surface area contributed by atoms with E-state index in [2.05, 4.69) is 58.4 Å². The number of nitrogens with zero attached hydrogens (tertiary/aromatic N) is 2. The van der Waals surface area contributed by atoms with Crippen LogP contribution in [0.5, 0.6) is 0 Å². The van der Waals surface area contributed by atoms with Gasteiger partial charge in [0.1, 0.15) is 0 Å². The Labute approximate surface area is 170 Å². The fourth-order valence-corrected chi connectivity index (χ4v) is 4.77. The zero-order valence-electron chi connectivity index (χ0n) is 17.3. The zero-order valence-corrected chi connectivity index (χ0v) is 17.3. The number of hydrogen-bond donors (Lipinski definition) is 1. The molecule has 0 bridgehead atoms. The fourth-order valence-electron chi connectivity index (χ4n) is 4.77. The lowest BCUT2D eigenvalue weighted by molar-refractivity contribution is -0.127. The standard InChI is InChI=1S/C24H35N3O/c1-19(16-20-6-3-2-4-7-20)17-26-14-11-23(12-15-26)27-13-5-8-21(18-27)24(28)25-22-9-10-22/h2-4,6-7,16,21-23H,5,8-15,17-18H2,1H3,(H,25,28)/b19-16+/t21-/m1/s1. The highest BCUT2D eigenvalue weighted by Crippen LogP contribution is 2.26. The van der Waals surface area contributed by atoms with E-state index >= 15 is 0 Å². The topological polar surface area (TPSA) is 35.6 Å². The van der Waals surface area contributed by atoms with Crippen LogP contribution < -0.4 is 5.32 Å². The van der Waals surface area contributed by atoms with E-state index in [1.165, 1.54) is 62.9 Å². The molecule has 1 aromatic rings. The van der Waals surface area contributed by atoms with Crippen LogP contribution in [-0.2, 0) is 4.79 Å². The molecule has 28 heavy (non-hydrogen) atoms. The lowest BCUT2D eigenvalue weighted by Crippen LogP contribution is -2.51. The Morgan fingerprint density at radius 1 is 1.07 bits per heavy atom. The van der Waals surface area contributed by atoms with E-state index < -0.39 is 0 Å². The zero-order chi connectivity index (χ0) is 19.3. The van der Waals surface area contributed by atoms with Crippen molar-refractivity contribution < 1.29 is 4.79 Å². The summed E-state index contributed by atoms with van der Waals surface area (Å²) in [5, 5.41) is 3.22. The minimum Gasteiger partial charge on any atom is -0.353 e. The summed E-state index contributed by atoms with van der Waals surface area (Å²) in [6.45, 7) is 7.78. The van der Waals surface area contributed by atoms with Crippen molar-refractivity contribution >= 4 is 12.0 Å². The highest BCUT2D eigenvalue weighted by molar-refractivity contribution is 5.79. The van der Waals surface area contributed by atoms with Crippen LogP contribution in [0.15, 0.2) is 35.9 Å². The van der Waals surface area contributed by atoms with E-state index in [0.29, 0.717) is 18.0 Å². The van der Waals surface area contributed by atoms with Gasteiger partial charge in [0.05, 0.1) is 5.92 Å². The molecule has 152 valence electrons. The summed E-state index contributed by atoms with van der Waals surface area (Å²) in [5.74, 6) is 0.523. The van der Waals surface area contributed by atoms with Crippen molar-refractivity contribution in [3.05, 3.63) is 41.5 Å². The average molecular weight is 382 g/mol. The van der Waals surface area contributed by atoms with Gasteiger partial charge in [-0.2, -0.15) is 0 Å². The molecule has 1 N–H and O–H groups in total. The maximum Gasteiger partial charge on any atom is 0.224 e. The van der Waals surface area contributed by atoms with Crippen molar-refractivity contribution in [3.8, 4) is 0 Å². The summed E-state index contributed by atoms with van der Waals surface area (Å²) >= 11 is 0. The summed E-state index contributed by atoms with van der Waals surface area (Å²) < 4.78 is 0. The van der Waals surface area contributed by atoms with Crippen molar-refractivity contribution in [1.29, 1.82) is 0 Å². The van der Waals surface area contributed by atoms with Crippen LogP contribution >= 0.6 is 0 Å². The highest BCUT2D eigenvalue weighted by Gasteiger charge is 2.33. The van der Waals surface area contributed by atoms with Gasteiger partial charge >= 0.3 is 0 Å². The fraction of sp³-hybridized carbons (Fsp3) is 0.625.